The number of aliphatic hydroxyl groups excluding tert-OH is 1. The summed E-state index contributed by atoms with van der Waals surface area (Å²) in [5.74, 6) is 1.23. The maximum atomic E-state index is 12.9. The standard InChI is InChI=1S/C23H22F3N7O2/c24-23(25,26)15-2-3-16-17(9-15)29-21(28-16)18-10-19(32-31-18)30-22(35)14-1-4-20(27-11-14)33-7-5-13(12-34)6-8-33/h1-4,9-11,13,34H,5-8,12H2,(H,28,29)(H2,30,31,32,35). The number of carbonyl (C=O) groups is 1. The van der Waals surface area contributed by atoms with E-state index in [2.05, 4.69) is 35.4 Å². The number of anilines is 2. The molecule has 35 heavy (non-hydrogen) atoms. The molecule has 1 amide bonds. The van der Waals surface area contributed by atoms with Crippen molar-refractivity contribution in [2.24, 2.45) is 5.92 Å². The summed E-state index contributed by atoms with van der Waals surface area (Å²) < 4.78 is 38.8. The summed E-state index contributed by atoms with van der Waals surface area (Å²) in [4.78, 5) is 26.3. The molecule has 1 fully saturated rings. The van der Waals surface area contributed by atoms with Gasteiger partial charge in [-0.15, -0.1) is 0 Å². The minimum Gasteiger partial charge on any atom is -0.396 e. The molecule has 4 aromatic rings. The normalized spacial score (nSPS) is 15.0. The lowest BCUT2D eigenvalue weighted by Gasteiger charge is -2.31. The molecule has 4 N–H and O–H groups in total. The van der Waals surface area contributed by atoms with Gasteiger partial charge in [-0.25, -0.2) is 9.97 Å². The Morgan fingerprint density at radius 2 is 1.97 bits per heavy atom. The summed E-state index contributed by atoms with van der Waals surface area (Å²) in [5.41, 5.74) is 0.602. The highest BCUT2D eigenvalue weighted by atomic mass is 19.4. The second-order valence-electron chi connectivity index (χ2n) is 8.45. The van der Waals surface area contributed by atoms with Crippen LogP contribution in [-0.2, 0) is 6.18 Å². The molecule has 4 heterocycles. The average Bonchev–Trinajstić information content (AvgIpc) is 3.50. The first-order valence-corrected chi connectivity index (χ1v) is 11.1. The van der Waals surface area contributed by atoms with Crippen molar-refractivity contribution >= 4 is 28.6 Å². The van der Waals surface area contributed by atoms with Crippen LogP contribution in [-0.4, -0.2) is 55.9 Å². The number of alkyl halides is 3. The number of piperidine rings is 1. The third-order valence-corrected chi connectivity index (χ3v) is 6.09. The van der Waals surface area contributed by atoms with Crippen molar-refractivity contribution in [3.63, 3.8) is 0 Å². The van der Waals surface area contributed by atoms with Crippen molar-refractivity contribution in [3.8, 4) is 11.5 Å². The van der Waals surface area contributed by atoms with Crippen LogP contribution in [0.15, 0.2) is 42.6 Å². The number of aromatic nitrogens is 5. The molecular weight excluding hydrogens is 463 g/mol. The molecule has 1 aromatic carbocycles. The van der Waals surface area contributed by atoms with E-state index in [1.54, 1.807) is 12.1 Å². The van der Waals surface area contributed by atoms with Gasteiger partial charge in [0, 0.05) is 32.0 Å². The third-order valence-electron chi connectivity index (χ3n) is 6.09. The zero-order valence-electron chi connectivity index (χ0n) is 18.4. The van der Waals surface area contributed by atoms with Gasteiger partial charge in [0.15, 0.2) is 11.6 Å². The van der Waals surface area contributed by atoms with Gasteiger partial charge in [0.05, 0.1) is 22.2 Å². The van der Waals surface area contributed by atoms with Gasteiger partial charge >= 0.3 is 6.18 Å². The Balaban J connectivity index is 1.25. The van der Waals surface area contributed by atoms with Crippen LogP contribution in [0.3, 0.4) is 0 Å². The van der Waals surface area contributed by atoms with E-state index in [-0.39, 0.29) is 17.9 Å². The number of hydrogen-bond acceptors (Lipinski definition) is 6. The molecule has 0 radical (unpaired) electrons. The highest BCUT2D eigenvalue weighted by Gasteiger charge is 2.30. The van der Waals surface area contributed by atoms with Crippen LogP contribution in [0.25, 0.3) is 22.6 Å². The number of amides is 1. The van der Waals surface area contributed by atoms with Gasteiger partial charge in [0.2, 0.25) is 0 Å². The highest BCUT2D eigenvalue weighted by Crippen LogP contribution is 2.31. The smallest absolute Gasteiger partial charge is 0.396 e. The molecule has 12 heteroatoms. The lowest BCUT2D eigenvalue weighted by atomic mass is 9.98. The predicted octanol–water partition coefficient (Wildman–Crippen LogP) is 3.83. The number of fused-ring (bicyclic) bond motifs is 1. The number of carbonyl (C=O) groups excluding carboxylic acids is 1. The van der Waals surface area contributed by atoms with E-state index in [0.717, 1.165) is 43.9 Å². The van der Waals surface area contributed by atoms with Crippen molar-refractivity contribution in [2.75, 3.05) is 29.9 Å². The van der Waals surface area contributed by atoms with Crippen LogP contribution in [0, 0.1) is 5.92 Å². The topological polar surface area (TPSA) is 123 Å². The zero-order chi connectivity index (χ0) is 24.6. The number of pyridine rings is 1. The summed E-state index contributed by atoms with van der Waals surface area (Å²) in [6.07, 6.45) is -1.16. The van der Waals surface area contributed by atoms with Gasteiger partial charge in [-0.05, 0) is 49.1 Å². The molecule has 5 rings (SSSR count). The maximum absolute atomic E-state index is 12.9. The highest BCUT2D eigenvalue weighted by molar-refractivity contribution is 6.03. The molecular formula is C23H22F3N7O2. The fourth-order valence-electron chi connectivity index (χ4n) is 4.06. The summed E-state index contributed by atoms with van der Waals surface area (Å²) >= 11 is 0. The second kappa shape index (κ2) is 9.02. The van der Waals surface area contributed by atoms with Crippen molar-refractivity contribution in [1.29, 1.82) is 0 Å². The van der Waals surface area contributed by atoms with Gasteiger partial charge < -0.3 is 20.3 Å². The quantitative estimate of drug-likeness (QED) is 0.341. The molecule has 0 saturated carbocycles. The Kier molecular flexibility index (Phi) is 5.89. The first-order valence-electron chi connectivity index (χ1n) is 11.1. The molecule has 0 spiro atoms. The number of rotatable bonds is 5. The number of hydrogen-bond donors (Lipinski definition) is 4. The lowest BCUT2D eigenvalue weighted by molar-refractivity contribution is -0.137. The Bertz CT molecular complexity index is 1340. The van der Waals surface area contributed by atoms with E-state index in [9.17, 15) is 23.1 Å². The molecule has 0 aliphatic carbocycles. The van der Waals surface area contributed by atoms with Crippen molar-refractivity contribution in [1.82, 2.24) is 25.1 Å². The average molecular weight is 485 g/mol. The largest absolute Gasteiger partial charge is 0.416 e. The van der Waals surface area contributed by atoms with Crippen molar-refractivity contribution in [2.45, 2.75) is 19.0 Å². The van der Waals surface area contributed by atoms with Gasteiger partial charge in [-0.2, -0.15) is 18.3 Å². The van der Waals surface area contributed by atoms with Crippen LogP contribution in [0.1, 0.15) is 28.8 Å². The van der Waals surface area contributed by atoms with Crippen LogP contribution >= 0.6 is 0 Å². The second-order valence-corrected chi connectivity index (χ2v) is 8.45. The molecule has 1 aliphatic rings. The van der Waals surface area contributed by atoms with Gasteiger partial charge in [0.1, 0.15) is 11.5 Å². The van der Waals surface area contributed by atoms with Gasteiger partial charge in [-0.3, -0.25) is 9.89 Å². The van der Waals surface area contributed by atoms with E-state index < -0.39 is 17.6 Å². The van der Waals surface area contributed by atoms with Gasteiger partial charge in [0.25, 0.3) is 5.91 Å². The zero-order valence-corrected chi connectivity index (χ0v) is 18.4. The number of imidazole rings is 1. The molecule has 0 unspecified atom stereocenters. The predicted molar refractivity (Wildman–Crippen MR) is 123 cm³/mol. The third kappa shape index (κ3) is 4.83. The number of aromatic amines is 2. The SMILES string of the molecule is O=C(Nc1cc(-c2nc3ccc(C(F)(F)F)cc3[nH]2)[nH]n1)c1ccc(N2CCC(CO)CC2)nc1. The Morgan fingerprint density at radius 1 is 1.17 bits per heavy atom. The Labute approximate surface area is 197 Å². The van der Waals surface area contributed by atoms with E-state index >= 15 is 0 Å². The molecule has 182 valence electrons. The van der Waals surface area contributed by atoms with Crippen LogP contribution in [0.5, 0.6) is 0 Å². The van der Waals surface area contributed by atoms with E-state index in [4.69, 9.17) is 0 Å². The van der Waals surface area contributed by atoms with Crippen LogP contribution in [0.2, 0.25) is 0 Å². The number of benzene rings is 1. The van der Waals surface area contributed by atoms with E-state index in [0.29, 0.717) is 28.5 Å². The fraction of sp³-hybridized carbons (Fsp3) is 0.304. The summed E-state index contributed by atoms with van der Waals surface area (Å²) in [6.45, 7) is 1.81. The first-order chi connectivity index (χ1) is 16.8. The summed E-state index contributed by atoms with van der Waals surface area (Å²) in [7, 11) is 0. The molecule has 3 aromatic heterocycles. The summed E-state index contributed by atoms with van der Waals surface area (Å²) in [5, 5.41) is 18.7. The molecule has 0 atom stereocenters. The Morgan fingerprint density at radius 3 is 2.66 bits per heavy atom. The first kappa shape index (κ1) is 22.8. The number of nitrogens with zero attached hydrogens (tertiary/aromatic N) is 4. The number of aliphatic hydroxyl groups is 1. The van der Waals surface area contributed by atoms with Crippen LogP contribution in [0.4, 0.5) is 24.8 Å². The minimum absolute atomic E-state index is 0.199. The van der Waals surface area contributed by atoms with Crippen molar-refractivity contribution < 1.29 is 23.1 Å². The van der Waals surface area contributed by atoms with Crippen molar-refractivity contribution in [3.05, 3.63) is 53.7 Å². The molecule has 1 saturated heterocycles. The van der Waals surface area contributed by atoms with E-state index in [1.807, 2.05) is 0 Å². The maximum Gasteiger partial charge on any atom is 0.416 e. The minimum atomic E-state index is -4.45. The molecule has 1 aliphatic heterocycles. The van der Waals surface area contributed by atoms with E-state index in [1.165, 1.54) is 18.3 Å². The number of H-pyrrole nitrogens is 2. The van der Waals surface area contributed by atoms with Crippen LogP contribution < -0.4 is 10.2 Å². The molecule has 0 bridgehead atoms. The lowest BCUT2D eigenvalue weighted by Crippen LogP contribution is -2.35. The van der Waals surface area contributed by atoms with Gasteiger partial charge in [-0.1, -0.05) is 0 Å². The fourth-order valence-corrected chi connectivity index (χ4v) is 4.06. The number of halogens is 3. The Hall–Kier alpha value is -3.93. The molecule has 9 nitrogen and oxygen atoms in total. The number of nitrogens with one attached hydrogen (secondary N) is 3. The monoisotopic (exact) mass is 485 g/mol. The summed E-state index contributed by atoms with van der Waals surface area (Å²) in [6, 6.07) is 8.27.